The fourth-order valence-electron chi connectivity index (χ4n) is 1.30. The van der Waals surface area contributed by atoms with Gasteiger partial charge in [0.15, 0.2) is 0 Å². The molecule has 16 heavy (non-hydrogen) atoms. The maximum atomic E-state index is 5.18. The summed E-state index contributed by atoms with van der Waals surface area (Å²) in [6.07, 6.45) is 0.829. The molecule has 0 unspecified atom stereocenters. The molecule has 1 rings (SSSR count). The molecule has 0 amide bonds. The van der Waals surface area contributed by atoms with Crippen LogP contribution in [-0.2, 0) is 0 Å². The molecule has 0 saturated carbocycles. The van der Waals surface area contributed by atoms with Crippen molar-refractivity contribution < 1.29 is 9.47 Å². The molecule has 3 heteroatoms. The van der Waals surface area contributed by atoms with E-state index in [1.165, 1.54) is 0 Å². The monoisotopic (exact) mass is 219 g/mol. The number of ether oxygens (including phenoxy) is 2. The second-order valence-corrected chi connectivity index (χ2v) is 3.20. The Labute approximate surface area is 96.8 Å². The molecule has 0 aliphatic carbocycles. The highest BCUT2D eigenvalue weighted by molar-refractivity contribution is 5.53. The van der Waals surface area contributed by atoms with Gasteiger partial charge in [-0.1, -0.05) is 0 Å². The van der Waals surface area contributed by atoms with Crippen LogP contribution in [-0.4, -0.2) is 20.8 Å². The number of benzene rings is 1. The molecule has 0 aromatic heterocycles. The van der Waals surface area contributed by atoms with Crippen LogP contribution in [0.1, 0.15) is 13.3 Å². The summed E-state index contributed by atoms with van der Waals surface area (Å²) in [5.41, 5.74) is 0.981. The minimum absolute atomic E-state index is 0.781. The summed E-state index contributed by atoms with van der Waals surface area (Å²) in [6.45, 7) is 2.66. The maximum Gasteiger partial charge on any atom is 0.124 e. The van der Waals surface area contributed by atoms with Gasteiger partial charge in [-0.15, -0.1) is 11.8 Å². The molecule has 0 fully saturated rings. The summed E-state index contributed by atoms with van der Waals surface area (Å²) < 4.78 is 10.4. The zero-order chi connectivity index (χ0) is 11.8. The first-order chi connectivity index (χ1) is 7.80. The normalized spacial score (nSPS) is 8.94. The Hall–Kier alpha value is -1.82. The minimum atomic E-state index is 0.781. The van der Waals surface area contributed by atoms with E-state index >= 15 is 0 Å². The third-order valence-corrected chi connectivity index (χ3v) is 2.11. The summed E-state index contributed by atoms with van der Waals surface area (Å²) >= 11 is 0. The van der Waals surface area contributed by atoms with Crippen LogP contribution in [0.15, 0.2) is 18.2 Å². The zero-order valence-electron chi connectivity index (χ0n) is 9.96. The quantitative estimate of drug-likeness (QED) is 0.609. The predicted octanol–water partition coefficient (Wildman–Crippen LogP) is 2.53. The summed E-state index contributed by atoms with van der Waals surface area (Å²) in [5.74, 6) is 7.42. The summed E-state index contributed by atoms with van der Waals surface area (Å²) in [6, 6.07) is 5.71. The Balaban J connectivity index is 2.66. The van der Waals surface area contributed by atoms with Gasteiger partial charge in [0.05, 0.1) is 14.2 Å². The van der Waals surface area contributed by atoms with E-state index in [0.717, 1.165) is 30.2 Å². The fourth-order valence-corrected chi connectivity index (χ4v) is 1.30. The minimum Gasteiger partial charge on any atom is -0.497 e. The number of hydrogen-bond donors (Lipinski definition) is 1. The molecule has 3 nitrogen and oxygen atoms in total. The van der Waals surface area contributed by atoms with Crippen molar-refractivity contribution in [1.29, 1.82) is 0 Å². The summed E-state index contributed by atoms with van der Waals surface area (Å²) in [4.78, 5) is 0. The van der Waals surface area contributed by atoms with Crippen LogP contribution in [0.4, 0.5) is 5.69 Å². The van der Waals surface area contributed by atoms with Gasteiger partial charge in [-0.05, 0) is 6.92 Å². The lowest BCUT2D eigenvalue weighted by molar-refractivity contribution is 0.394. The zero-order valence-corrected chi connectivity index (χ0v) is 9.96. The van der Waals surface area contributed by atoms with Crippen molar-refractivity contribution in [2.24, 2.45) is 0 Å². The van der Waals surface area contributed by atoms with Gasteiger partial charge >= 0.3 is 0 Å². The van der Waals surface area contributed by atoms with Crippen molar-refractivity contribution in [3.05, 3.63) is 18.2 Å². The molecule has 0 aliphatic heterocycles. The van der Waals surface area contributed by atoms with Crippen LogP contribution in [0.3, 0.4) is 0 Å². The van der Waals surface area contributed by atoms with Crippen molar-refractivity contribution in [2.75, 3.05) is 26.1 Å². The molecule has 86 valence electrons. The summed E-state index contributed by atoms with van der Waals surface area (Å²) in [5, 5.41) is 3.27. The third-order valence-electron chi connectivity index (χ3n) is 2.11. The van der Waals surface area contributed by atoms with Crippen LogP contribution in [0.25, 0.3) is 0 Å². The van der Waals surface area contributed by atoms with Crippen LogP contribution < -0.4 is 14.8 Å². The van der Waals surface area contributed by atoms with Gasteiger partial charge in [0.2, 0.25) is 0 Å². The Morgan fingerprint density at radius 1 is 1.12 bits per heavy atom. The van der Waals surface area contributed by atoms with Crippen LogP contribution >= 0.6 is 0 Å². The van der Waals surface area contributed by atoms with Gasteiger partial charge in [-0.2, -0.15) is 0 Å². The van der Waals surface area contributed by atoms with Gasteiger partial charge in [-0.3, -0.25) is 0 Å². The SMILES string of the molecule is CC#CCCNc1cc(OC)cc(OC)c1. The first kappa shape index (κ1) is 12.3. The van der Waals surface area contributed by atoms with Crippen molar-refractivity contribution in [3.63, 3.8) is 0 Å². The van der Waals surface area contributed by atoms with Crippen LogP contribution in [0.2, 0.25) is 0 Å². The van der Waals surface area contributed by atoms with E-state index in [4.69, 9.17) is 9.47 Å². The second kappa shape index (κ2) is 6.62. The van der Waals surface area contributed by atoms with Gasteiger partial charge in [0, 0.05) is 36.9 Å². The first-order valence-corrected chi connectivity index (χ1v) is 5.16. The Bertz CT molecular complexity index is 368. The third kappa shape index (κ3) is 3.74. The van der Waals surface area contributed by atoms with Gasteiger partial charge in [0.1, 0.15) is 11.5 Å². The number of anilines is 1. The molecule has 0 saturated heterocycles. The topological polar surface area (TPSA) is 30.5 Å². The van der Waals surface area contributed by atoms with E-state index in [2.05, 4.69) is 17.2 Å². The molecular weight excluding hydrogens is 202 g/mol. The number of nitrogens with one attached hydrogen (secondary N) is 1. The van der Waals surface area contributed by atoms with E-state index in [9.17, 15) is 0 Å². The van der Waals surface area contributed by atoms with Crippen molar-refractivity contribution in [2.45, 2.75) is 13.3 Å². The molecule has 0 heterocycles. The molecule has 0 aliphatic rings. The highest BCUT2D eigenvalue weighted by atomic mass is 16.5. The Morgan fingerprint density at radius 3 is 2.25 bits per heavy atom. The number of rotatable bonds is 5. The fraction of sp³-hybridized carbons (Fsp3) is 0.385. The van der Waals surface area contributed by atoms with Crippen LogP contribution in [0, 0.1) is 11.8 Å². The highest BCUT2D eigenvalue weighted by Gasteiger charge is 2.00. The largest absolute Gasteiger partial charge is 0.497 e. The van der Waals surface area contributed by atoms with E-state index in [1.807, 2.05) is 25.1 Å². The van der Waals surface area contributed by atoms with E-state index in [1.54, 1.807) is 14.2 Å². The lowest BCUT2D eigenvalue weighted by Gasteiger charge is -2.09. The van der Waals surface area contributed by atoms with E-state index < -0.39 is 0 Å². The standard InChI is InChI=1S/C13H17NO2/c1-4-5-6-7-14-11-8-12(15-2)10-13(9-11)16-3/h8-10,14H,6-7H2,1-3H3. The van der Waals surface area contributed by atoms with Crippen molar-refractivity contribution in [3.8, 4) is 23.3 Å². The molecule has 1 aromatic carbocycles. The van der Waals surface area contributed by atoms with E-state index in [-0.39, 0.29) is 0 Å². The molecule has 0 radical (unpaired) electrons. The molecular formula is C13H17NO2. The lowest BCUT2D eigenvalue weighted by Crippen LogP contribution is -2.01. The van der Waals surface area contributed by atoms with E-state index in [0.29, 0.717) is 0 Å². The summed E-state index contributed by atoms with van der Waals surface area (Å²) in [7, 11) is 3.28. The molecule has 0 bridgehead atoms. The van der Waals surface area contributed by atoms with Crippen LogP contribution in [0.5, 0.6) is 11.5 Å². The maximum absolute atomic E-state index is 5.18. The smallest absolute Gasteiger partial charge is 0.124 e. The highest BCUT2D eigenvalue weighted by Crippen LogP contribution is 2.25. The first-order valence-electron chi connectivity index (χ1n) is 5.16. The van der Waals surface area contributed by atoms with Gasteiger partial charge in [-0.25, -0.2) is 0 Å². The Kier molecular flexibility index (Phi) is 5.07. The Morgan fingerprint density at radius 2 is 1.75 bits per heavy atom. The number of hydrogen-bond acceptors (Lipinski definition) is 3. The molecule has 1 N–H and O–H groups in total. The average molecular weight is 219 g/mol. The lowest BCUT2D eigenvalue weighted by atomic mass is 10.2. The van der Waals surface area contributed by atoms with Gasteiger partial charge in [0.25, 0.3) is 0 Å². The van der Waals surface area contributed by atoms with Crippen molar-refractivity contribution in [1.82, 2.24) is 0 Å². The number of methoxy groups -OCH3 is 2. The second-order valence-electron chi connectivity index (χ2n) is 3.20. The average Bonchev–Trinajstić information content (AvgIpc) is 2.34. The molecule has 0 atom stereocenters. The predicted molar refractivity (Wildman–Crippen MR) is 66.1 cm³/mol. The van der Waals surface area contributed by atoms with Crippen molar-refractivity contribution >= 4 is 5.69 Å². The molecule has 0 spiro atoms. The van der Waals surface area contributed by atoms with Gasteiger partial charge < -0.3 is 14.8 Å². The molecule has 1 aromatic rings.